The summed E-state index contributed by atoms with van der Waals surface area (Å²) in [6.45, 7) is 11.1. The number of hydrogen-bond donors (Lipinski definition) is 0. The van der Waals surface area contributed by atoms with Crippen LogP contribution in [0.1, 0.15) is 70.6 Å². The molecule has 2 aliphatic heterocycles. The van der Waals surface area contributed by atoms with Crippen LogP contribution in [-0.2, 0) is 41.5 Å². The van der Waals surface area contributed by atoms with Crippen LogP contribution in [0.3, 0.4) is 0 Å². The molecule has 3 atom stereocenters. The summed E-state index contributed by atoms with van der Waals surface area (Å²) in [7, 11) is 2.59. The maximum absolute atomic E-state index is 13.0. The number of amides is 2. The predicted octanol–water partition coefficient (Wildman–Crippen LogP) is 3.79. The molecule has 3 rings (SSSR count). The molecule has 37 heavy (non-hydrogen) atoms. The summed E-state index contributed by atoms with van der Waals surface area (Å²) in [5.74, 6) is -1.15. The lowest BCUT2D eigenvalue weighted by atomic mass is 9.88. The number of carbonyl (C=O) groups is 4. The van der Waals surface area contributed by atoms with Gasteiger partial charge in [0.15, 0.2) is 0 Å². The molecule has 0 saturated carbocycles. The zero-order valence-corrected chi connectivity index (χ0v) is 23.0. The summed E-state index contributed by atoms with van der Waals surface area (Å²) >= 11 is 0. The lowest BCUT2D eigenvalue weighted by Gasteiger charge is -2.36. The van der Waals surface area contributed by atoms with Gasteiger partial charge in [0.25, 0.3) is 0 Å². The number of fused-ring (bicyclic) bond motifs is 1. The first-order valence-electron chi connectivity index (χ1n) is 12.4. The van der Waals surface area contributed by atoms with Crippen LogP contribution < -0.4 is 0 Å². The fraction of sp³-hybridized carbons (Fsp3) is 0.630. The van der Waals surface area contributed by atoms with Crippen molar-refractivity contribution in [2.24, 2.45) is 0 Å². The van der Waals surface area contributed by atoms with Crippen molar-refractivity contribution in [2.75, 3.05) is 20.8 Å². The van der Waals surface area contributed by atoms with Crippen LogP contribution >= 0.6 is 0 Å². The number of hydrogen-bond acceptors (Lipinski definition) is 8. The second-order valence-corrected chi connectivity index (χ2v) is 11.5. The van der Waals surface area contributed by atoms with Gasteiger partial charge in [0, 0.05) is 18.9 Å². The number of ether oxygens (including phenoxy) is 4. The van der Waals surface area contributed by atoms with E-state index in [0.717, 1.165) is 16.7 Å². The van der Waals surface area contributed by atoms with Gasteiger partial charge in [-0.25, -0.2) is 19.2 Å². The molecule has 1 aromatic carbocycles. The van der Waals surface area contributed by atoms with Crippen LogP contribution in [-0.4, -0.2) is 78.0 Å². The molecule has 10 nitrogen and oxygen atoms in total. The first-order valence-corrected chi connectivity index (χ1v) is 12.4. The van der Waals surface area contributed by atoms with Crippen molar-refractivity contribution >= 4 is 24.1 Å². The van der Waals surface area contributed by atoms with E-state index in [-0.39, 0.29) is 19.0 Å². The van der Waals surface area contributed by atoms with Crippen molar-refractivity contribution in [3.05, 3.63) is 34.9 Å². The average molecular weight is 519 g/mol. The molecule has 0 bridgehead atoms. The highest BCUT2D eigenvalue weighted by atomic mass is 16.6. The second kappa shape index (κ2) is 10.6. The van der Waals surface area contributed by atoms with Gasteiger partial charge in [-0.2, -0.15) is 0 Å². The Hall–Kier alpha value is -3.30. The van der Waals surface area contributed by atoms with Crippen molar-refractivity contribution in [1.82, 2.24) is 9.80 Å². The lowest BCUT2D eigenvalue weighted by Crippen LogP contribution is -2.50. The fourth-order valence-electron chi connectivity index (χ4n) is 4.68. The third-order valence-electron chi connectivity index (χ3n) is 6.34. The van der Waals surface area contributed by atoms with E-state index in [9.17, 15) is 19.2 Å². The van der Waals surface area contributed by atoms with Crippen molar-refractivity contribution in [2.45, 2.75) is 90.1 Å². The maximum atomic E-state index is 13.0. The van der Waals surface area contributed by atoms with Crippen LogP contribution in [0.15, 0.2) is 18.2 Å². The quantitative estimate of drug-likeness (QED) is 0.439. The molecule has 2 amide bonds. The Balaban J connectivity index is 1.88. The van der Waals surface area contributed by atoms with E-state index in [1.165, 1.54) is 24.0 Å². The molecule has 0 aromatic heterocycles. The molecule has 0 radical (unpaired) electrons. The highest BCUT2D eigenvalue weighted by molar-refractivity contribution is 5.83. The van der Waals surface area contributed by atoms with Crippen LogP contribution in [0.25, 0.3) is 0 Å². The van der Waals surface area contributed by atoms with Crippen molar-refractivity contribution in [1.29, 1.82) is 0 Å². The van der Waals surface area contributed by atoms with Crippen LogP contribution in [0.5, 0.6) is 0 Å². The van der Waals surface area contributed by atoms with Crippen LogP contribution in [0, 0.1) is 0 Å². The van der Waals surface area contributed by atoms with Gasteiger partial charge in [0.2, 0.25) is 0 Å². The molecule has 1 saturated heterocycles. The largest absolute Gasteiger partial charge is 0.467 e. The van der Waals surface area contributed by atoms with Gasteiger partial charge in [0.1, 0.15) is 23.3 Å². The van der Waals surface area contributed by atoms with Gasteiger partial charge in [-0.05, 0) is 64.7 Å². The van der Waals surface area contributed by atoms with Gasteiger partial charge in [0.05, 0.1) is 20.8 Å². The normalized spacial score (nSPS) is 21.7. The van der Waals surface area contributed by atoms with Crippen molar-refractivity contribution < 1.29 is 38.1 Å². The third-order valence-corrected chi connectivity index (χ3v) is 6.34. The lowest BCUT2D eigenvalue weighted by molar-refractivity contribution is -0.147. The van der Waals surface area contributed by atoms with Crippen LogP contribution in [0.4, 0.5) is 9.59 Å². The highest BCUT2D eigenvalue weighted by Gasteiger charge is 2.43. The third kappa shape index (κ3) is 6.72. The standard InChI is InChI=1S/C27H38N2O8/c1-26(2,3)36-24(32)28-14-18-11-16(9-10-17(18)12-20(28)22(30)34-7)19-13-21(23(31)35-8)29(15-19)25(33)37-27(4,5)6/h9-11,19-21H,12-15H2,1-8H3/t19-,20-,21-/m0/s1. The highest BCUT2D eigenvalue weighted by Crippen LogP contribution is 2.36. The van der Waals surface area contributed by atoms with E-state index < -0.39 is 47.4 Å². The minimum absolute atomic E-state index is 0.143. The molecule has 0 unspecified atom stereocenters. The van der Waals surface area contributed by atoms with E-state index >= 15 is 0 Å². The first kappa shape index (κ1) is 28.3. The van der Waals surface area contributed by atoms with Crippen molar-refractivity contribution in [3.8, 4) is 0 Å². The average Bonchev–Trinajstić information content (AvgIpc) is 3.25. The molecule has 2 heterocycles. The molecular weight excluding hydrogens is 480 g/mol. The fourth-order valence-corrected chi connectivity index (χ4v) is 4.68. The summed E-state index contributed by atoms with van der Waals surface area (Å²) in [5.41, 5.74) is 1.28. The molecule has 0 spiro atoms. The molecule has 10 heteroatoms. The summed E-state index contributed by atoms with van der Waals surface area (Å²) in [5, 5.41) is 0. The SMILES string of the molecule is COC(=O)[C@@H]1Cc2ccc([C@H]3C[C@@H](C(=O)OC)N(C(=O)OC(C)(C)C)C3)cc2CN1C(=O)OC(C)(C)C. The van der Waals surface area contributed by atoms with Gasteiger partial charge in [-0.15, -0.1) is 0 Å². The summed E-state index contributed by atoms with van der Waals surface area (Å²) in [4.78, 5) is 53.6. The zero-order valence-electron chi connectivity index (χ0n) is 23.0. The summed E-state index contributed by atoms with van der Waals surface area (Å²) < 4.78 is 21.0. The smallest absolute Gasteiger partial charge is 0.411 e. The number of nitrogens with zero attached hydrogens (tertiary/aromatic N) is 2. The van der Waals surface area contributed by atoms with Crippen molar-refractivity contribution in [3.63, 3.8) is 0 Å². The minimum atomic E-state index is -0.795. The molecule has 0 aliphatic carbocycles. The Morgan fingerprint density at radius 1 is 0.784 bits per heavy atom. The summed E-state index contributed by atoms with van der Waals surface area (Å²) in [6.07, 6.45) is -0.492. The van der Waals surface area contributed by atoms with E-state index in [2.05, 4.69) is 0 Å². The number of carbonyl (C=O) groups excluding carboxylic acids is 4. The Labute approximate surface area is 218 Å². The van der Waals surface area contributed by atoms with Gasteiger partial charge < -0.3 is 18.9 Å². The molecule has 1 fully saturated rings. The minimum Gasteiger partial charge on any atom is -0.467 e. The maximum Gasteiger partial charge on any atom is 0.411 e. The Kier molecular flexibility index (Phi) is 8.09. The molecule has 2 aliphatic rings. The molecule has 0 N–H and O–H groups in total. The van der Waals surface area contributed by atoms with Gasteiger partial charge in [-0.1, -0.05) is 18.2 Å². The van der Waals surface area contributed by atoms with E-state index in [0.29, 0.717) is 12.8 Å². The zero-order chi connectivity index (χ0) is 27.7. The number of methoxy groups -OCH3 is 2. The molecule has 1 aromatic rings. The van der Waals surface area contributed by atoms with Crippen LogP contribution in [0.2, 0.25) is 0 Å². The number of rotatable bonds is 3. The second-order valence-electron chi connectivity index (χ2n) is 11.5. The predicted molar refractivity (Wildman–Crippen MR) is 134 cm³/mol. The van der Waals surface area contributed by atoms with E-state index in [4.69, 9.17) is 18.9 Å². The monoisotopic (exact) mass is 518 g/mol. The Morgan fingerprint density at radius 3 is 1.86 bits per heavy atom. The Morgan fingerprint density at radius 2 is 1.32 bits per heavy atom. The van der Waals surface area contributed by atoms with E-state index in [1.807, 2.05) is 18.2 Å². The van der Waals surface area contributed by atoms with Gasteiger partial charge in [-0.3, -0.25) is 9.80 Å². The van der Waals surface area contributed by atoms with E-state index in [1.54, 1.807) is 41.5 Å². The molecular formula is C27H38N2O8. The first-order chi connectivity index (χ1) is 17.1. The number of esters is 2. The number of benzene rings is 1. The topological polar surface area (TPSA) is 112 Å². The molecule has 204 valence electrons. The summed E-state index contributed by atoms with van der Waals surface area (Å²) in [6, 6.07) is 4.28. The van der Waals surface area contributed by atoms with Gasteiger partial charge >= 0.3 is 24.1 Å². The number of likely N-dealkylation sites (tertiary alicyclic amines) is 1. The Bertz CT molecular complexity index is 1060.